The van der Waals surface area contributed by atoms with Crippen molar-refractivity contribution in [2.75, 3.05) is 32.4 Å². The van der Waals surface area contributed by atoms with Gasteiger partial charge in [0.2, 0.25) is 15.9 Å². The van der Waals surface area contributed by atoms with Crippen LogP contribution in [0.1, 0.15) is 25.7 Å². The largest absolute Gasteiger partial charge is 0.342 e. The number of nitrogens with one attached hydrogen (secondary N) is 2. The third kappa shape index (κ3) is 4.43. The van der Waals surface area contributed by atoms with Gasteiger partial charge in [0.15, 0.2) is 0 Å². The highest BCUT2D eigenvalue weighted by molar-refractivity contribution is 7.88. The van der Waals surface area contributed by atoms with Gasteiger partial charge in [0.05, 0.1) is 6.26 Å². The molecule has 2 saturated heterocycles. The van der Waals surface area contributed by atoms with Gasteiger partial charge in [0, 0.05) is 25.0 Å². The molecule has 0 saturated carbocycles. The molecule has 19 heavy (non-hydrogen) atoms. The Labute approximate surface area is 115 Å². The van der Waals surface area contributed by atoms with Crippen molar-refractivity contribution in [2.45, 2.75) is 31.7 Å². The number of hydrogen-bond donors (Lipinski definition) is 2. The Morgan fingerprint density at radius 1 is 1.16 bits per heavy atom. The summed E-state index contributed by atoms with van der Waals surface area (Å²) < 4.78 is 24.9. The molecular formula is C12H23N3O3S. The molecule has 0 aromatic heterocycles. The number of rotatable bonds is 3. The van der Waals surface area contributed by atoms with Crippen LogP contribution in [0.25, 0.3) is 0 Å². The molecule has 2 aliphatic heterocycles. The number of hydrogen-bond acceptors (Lipinski definition) is 4. The van der Waals surface area contributed by atoms with Crippen LogP contribution in [0.2, 0.25) is 0 Å². The van der Waals surface area contributed by atoms with Crippen LogP contribution < -0.4 is 10.0 Å². The fourth-order valence-electron chi connectivity index (χ4n) is 2.85. The van der Waals surface area contributed by atoms with Crippen LogP contribution in [0, 0.1) is 5.92 Å². The van der Waals surface area contributed by atoms with Crippen molar-refractivity contribution in [2.24, 2.45) is 5.92 Å². The number of amides is 1. The molecule has 2 N–H and O–H groups in total. The zero-order valence-electron chi connectivity index (χ0n) is 11.4. The van der Waals surface area contributed by atoms with Crippen molar-refractivity contribution >= 4 is 15.9 Å². The fourth-order valence-corrected chi connectivity index (χ4v) is 3.69. The maximum atomic E-state index is 12.3. The molecule has 110 valence electrons. The predicted octanol–water partition coefficient (Wildman–Crippen LogP) is -0.474. The molecule has 0 aromatic carbocycles. The second-order valence-corrected chi connectivity index (χ2v) is 7.29. The lowest BCUT2D eigenvalue weighted by Gasteiger charge is -2.35. The topological polar surface area (TPSA) is 78.5 Å². The Kier molecular flexibility index (Phi) is 4.81. The second-order valence-electron chi connectivity index (χ2n) is 5.51. The molecule has 2 aliphatic rings. The second kappa shape index (κ2) is 6.19. The summed E-state index contributed by atoms with van der Waals surface area (Å²) in [6.45, 7) is 3.16. The van der Waals surface area contributed by atoms with Crippen LogP contribution in [0.3, 0.4) is 0 Å². The van der Waals surface area contributed by atoms with Crippen LogP contribution in [0.5, 0.6) is 0 Å². The zero-order valence-corrected chi connectivity index (χ0v) is 12.2. The number of nitrogens with zero attached hydrogens (tertiary/aromatic N) is 1. The number of carbonyl (C=O) groups excluding carboxylic acids is 1. The van der Waals surface area contributed by atoms with Crippen LogP contribution in [-0.2, 0) is 14.8 Å². The van der Waals surface area contributed by atoms with E-state index in [1.54, 1.807) is 0 Å². The van der Waals surface area contributed by atoms with E-state index in [-0.39, 0.29) is 17.9 Å². The first kappa shape index (κ1) is 14.7. The monoisotopic (exact) mass is 289 g/mol. The number of carbonyl (C=O) groups is 1. The van der Waals surface area contributed by atoms with Gasteiger partial charge >= 0.3 is 0 Å². The Morgan fingerprint density at radius 3 is 2.26 bits per heavy atom. The number of sulfonamides is 1. The molecule has 2 fully saturated rings. The minimum Gasteiger partial charge on any atom is -0.342 e. The van der Waals surface area contributed by atoms with Gasteiger partial charge in [-0.25, -0.2) is 13.1 Å². The molecule has 0 spiro atoms. The first-order chi connectivity index (χ1) is 8.96. The molecular weight excluding hydrogens is 266 g/mol. The molecule has 0 unspecified atom stereocenters. The van der Waals surface area contributed by atoms with Gasteiger partial charge in [-0.3, -0.25) is 4.79 Å². The van der Waals surface area contributed by atoms with E-state index in [2.05, 4.69) is 10.0 Å². The van der Waals surface area contributed by atoms with Gasteiger partial charge in [-0.2, -0.15) is 0 Å². The van der Waals surface area contributed by atoms with E-state index in [4.69, 9.17) is 0 Å². The highest BCUT2D eigenvalue weighted by atomic mass is 32.2. The van der Waals surface area contributed by atoms with E-state index in [0.717, 1.165) is 25.9 Å². The molecule has 0 atom stereocenters. The first-order valence-corrected chi connectivity index (χ1v) is 8.81. The Bertz CT molecular complexity index is 410. The van der Waals surface area contributed by atoms with E-state index in [9.17, 15) is 13.2 Å². The Hall–Kier alpha value is -0.660. The quantitative estimate of drug-likeness (QED) is 0.736. The standard InChI is InChI=1S/C12H23N3O3S/c1-19(17,18)14-11-4-8-15(9-5-11)12(16)10-2-6-13-7-3-10/h10-11,13-14H,2-9H2,1H3. The molecule has 2 rings (SSSR count). The van der Waals surface area contributed by atoms with Gasteiger partial charge in [-0.1, -0.05) is 0 Å². The van der Waals surface area contributed by atoms with Crippen molar-refractivity contribution in [1.82, 2.24) is 14.9 Å². The molecule has 0 radical (unpaired) electrons. The van der Waals surface area contributed by atoms with Gasteiger partial charge in [-0.15, -0.1) is 0 Å². The molecule has 0 bridgehead atoms. The van der Waals surface area contributed by atoms with Crippen LogP contribution >= 0.6 is 0 Å². The van der Waals surface area contributed by atoms with Gasteiger partial charge in [0.25, 0.3) is 0 Å². The lowest BCUT2D eigenvalue weighted by atomic mass is 9.95. The van der Waals surface area contributed by atoms with Gasteiger partial charge < -0.3 is 10.2 Å². The number of likely N-dealkylation sites (tertiary alicyclic amines) is 1. The maximum Gasteiger partial charge on any atom is 0.225 e. The Balaban J connectivity index is 1.80. The average Bonchev–Trinajstić information content (AvgIpc) is 2.38. The van der Waals surface area contributed by atoms with E-state index in [1.807, 2.05) is 4.90 Å². The summed E-state index contributed by atoms with van der Waals surface area (Å²) in [6.07, 6.45) is 4.44. The van der Waals surface area contributed by atoms with E-state index in [0.29, 0.717) is 25.9 Å². The van der Waals surface area contributed by atoms with E-state index >= 15 is 0 Å². The molecule has 0 aliphatic carbocycles. The minimum absolute atomic E-state index is 0.0212. The molecule has 7 heteroatoms. The predicted molar refractivity (Wildman–Crippen MR) is 73.2 cm³/mol. The van der Waals surface area contributed by atoms with Crippen LogP contribution in [0.4, 0.5) is 0 Å². The van der Waals surface area contributed by atoms with Crippen molar-refractivity contribution in [3.63, 3.8) is 0 Å². The van der Waals surface area contributed by atoms with Crippen molar-refractivity contribution < 1.29 is 13.2 Å². The third-order valence-electron chi connectivity index (χ3n) is 3.88. The van der Waals surface area contributed by atoms with Crippen molar-refractivity contribution in [1.29, 1.82) is 0 Å². The fraction of sp³-hybridized carbons (Fsp3) is 0.917. The minimum atomic E-state index is -3.14. The molecule has 6 nitrogen and oxygen atoms in total. The summed E-state index contributed by atoms with van der Waals surface area (Å²) in [6, 6.07) is -0.0212. The molecule has 1 amide bonds. The Morgan fingerprint density at radius 2 is 1.74 bits per heavy atom. The summed E-state index contributed by atoms with van der Waals surface area (Å²) in [5.74, 6) is 0.403. The van der Waals surface area contributed by atoms with Gasteiger partial charge in [-0.05, 0) is 38.8 Å². The average molecular weight is 289 g/mol. The van der Waals surface area contributed by atoms with Crippen molar-refractivity contribution in [3.8, 4) is 0 Å². The van der Waals surface area contributed by atoms with Crippen LogP contribution in [-0.4, -0.2) is 57.7 Å². The smallest absolute Gasteiger partial charge is 0.225 e. The van der Waals surface area contributed by atoms with Crippen LogP contribution in [0.15, 0.2) is 0 Å². The van der Waals surface area contributed by atoms with E-state index in [1.165, 1.54) is 6.26 Å². The molecule has 2 heterocycles. The normalized spacial score (nSPS) is 23.5. The summed E-state index contributed by atoms with van der Waals surface area (Å²) in [5.41, 5.74) is 0. The summed E-state index contributed by atoms with van der Waals surface area (Å²) >= 11 is 0. The summed E-state index contributed by atoms with van der Waals surface area (Å²) in [5, 5.41) is 3.26. The van der Waals surface area contributed by atoms with Gasteiger partial charge in [0.1, 0.15) is 0 Å². The SMILES string of the molecule is CS(=O)(=O)NC1CCN(C(=O)C2CCNCC2)CC1. The maximum absolute atomic E-state index is 12.3. The lowest BCUT2D eigenvalue weighted by molar-refractivity contribution is -0.137. The highest BCUT2D eigenvalue weighted by Gasteiger charge is 2.29. The summed E-state index contributed by atoms with van der Waals surface area (Å²) in [4.78, 5) is 14.2. The lowest BCUT2D eigenvalue weighted by Crippen LogP contribution is -2.49. The first-order valence-electron chi connectivity index (χ1n) is 6.92. The third-order valence-corrected chi connectivity index (χ3v) is 4.64. The number of piperidine rings is 2. The highest BCUT2D eigenvalue weighted by Crippen LogP contribution is 2.19. The van der Waals surface area contributed by atoms with Crippen molar-refractivity contribution in [3.05, 3.63) is 0 Å². The summed E-state index contributed by atoms with van der Waals surface area (Å²) in [7, 11) is -3.14. The molecule has 0 aromatic rings. The zero-order chi connectivity index (χ0) is 13.9. The van der Waals surface area contributed by atoms with E-state index < -0.39 is 10.0 Å².